The van der Waals surface area contributed by atoms with Gasteiger partial charge in [-0.15, -0.1) is 11.3 Å². The zero-order chi connectivity index (χ0) is 21.7. The molecular weight excluding hydrogens is 408 g/mol. The van der Waals surface area contributed by atoms with Gasteiger partial charge in [0.25, 0.3) is 5.91 Å². The summed E-state index contributed by atoms with van der Waals surface area (Å²) in [6, 6.07) is 8.24. The third-order valence-corrected chi connectivity index (χ3v) is 5.58. The highest BCUT2D eigenvalue weighted by atomic mass is 32.1. The van der Waals surface area contributed by atoms with Gasteiger partial charge in [0.05, 0.1) is 17.2 Å². The Morgan fingerprint density at radius 2 is 1.97 bits per heavy atom. The normalized spacial score (nSPS) is 13.3. The third-order valence-electron chi connectivity index (χ3n) is 4.44. The maximum Gasteiger partial charge on any atom is 0.348 e. The number of hydrogen-bond donors (Lipinski definition) is 1. The molecule has 3 rings (SSSR count). The van der Waals surface area contributed by atoms with Crippen molar-refractivity contribution in [3.05, 3.63) is 46.3 Å². The first kappa shape index (κ1) is 21.5. The number of thiophene rings is 1. The van der Waals surface area contributed by atoms with Gasteiger partial charge in [-0.2, -0.15) is 0 Å². The van der Waals surface area contributed by atoms with Crippen LogP contribution in [0.25, 0.3) is 0 Å². The quantitative estimate of drug-likeness (QED) is 0.677. The Balaban J connectivity index is 1.56. The zero-order valence-corrected chi connectivity index (χ0v) is 17.5. The smallest absolute Gasteiger partial charge is 0.348 e. The van der Waals surface area contributed by atoms with Crippen LogP contribution >= 0.6 is 11.3 Å². The fourth-order valence-corrected chi connectivity index (χ4v) is 4.04. The van der Waals surface area contributed by atoms with Crippen molar-refractivity contribution in [3.8, 4) is 0 Å². The number of anilines is 2. The van der Waals surface area contributed by atoms with Crippen molar-refractivity contribution in [3.63, 3.8) is 0 Å². The van der Waals surface area contributed by atoms with E-state index in [0.717, 1.165) is 17.8 Å². The second-order valence-electron chi connectivity index (χ2n) is 6.67. The first-order valence-electron chi connectivity index (χ1n) is 9.54. The summed E-state index contributed by atoms with van der Waals surface area (Å²) in [4.78, 5) is 50.2. The minimum Gasteiger partial charge on any atom is -0.462 e. The summed E-state index contributed by atoms with van der Waals surface area (Å²) >= 11 is 1.10. The van der Waals surface area contributed by atoms with Crippen LogP contribution in [0.4, 0.5) is 10.7 Å². The van der Waals surface area contributed by atoms with E-state index in [-0.39, 0.29) is 18.1 Å². The lowest BCUT2D eigenvalue weighted by molar-refractivity contribution is -0.119. The number of benzene rings is 1. The minimum absolute atomic E-state index is 0.0216. The fraction of sp³-hybridized carbons (Fsp3) is 0.333. The summed E-state index contributed by atoms with van der Waals surface area (Å²) in [5.74, 6) is -1.60. The highest BCUT2D eigenvalue weighted by Gasteiger charge is 2.23. The molecule has 1 saturated heterocycles. The summed E-state index contributed by atoms with van der Waals surface area (Å²) in [6.45, 7) is 3.87. The highest BCUT2D eigenvalue weighted by molar-refractivity contribution is 7.18. The van der Waals surface area contributed by atoms with Gasteiger partial charge in [0.1, 0.15) is 4.88 Å². The second kappa shape index (κ2) is 9.53. The molecule has 1 aromatic heterocycles. The predicted octanol–water partition coefficient (Wildman–Crippen LogP) is 3.16. The van der Waals surface area contributed by atoms with Crippen LogP contribution in [0, 0.1) is 6.92 Å². The van der Waals surface area contributed by atoms with E-state index in [9.17, 15) is 19.2 Å². The molecular formula is C21H22N2O6S. The van der Waals surface area contributed by atoms with E-state index in [0.29, 0.717) is 34.1 Å². The van der Waals surface area contributed by atoms with Gasteiger partial charge in [-0.1, -0.05) is 6.07 Å². The molecule has 1 aliphatic rings. The van der Waals surface area contributed by atoms with E-state index < -0.39 is 24.5 Å². The highest BCUT2D eigenvalue weighted by Crippen LogP contribution is 2.27. The molecule has 1 aromatic carbocycles. The van der Waals surface area contributed by atoms with Crippen molar-refractivity contribution in [1.82, 2.24) is 0 Å². The molecule has 8 nitrogen and oxygen atoms in total. The lowest BCUT2D eigenvalue weighted by Crippen LogP contribution is -2.24. The SMILES string of the molecule is CCOC(=O)c1sc(NC(=O)COC(=O)c2cccc(N3CCCC3=O)c2)cc1C. The summed E-state index contributed by atoms with van der Waals surface area (Å²) in [5, 5.41) is 3.07. The molecule has 9 heteroatoms. The van der Waals surface area contributed by atoms with Gasteiger partial charge >= 0.3 is 11.9 Å². The number of nitrogens with one attached hydrogen (secondary N) is 1. The number of hydrogen-bond acceptors (Lipinski definition) is 7. The van der Waals surface area contributed by atoms with Crippen LogP contribution in [0.2, 0.25) is 0 Å². The zero-order valence-electron chi connectivity index (χ0n) is 16.7. The Morgan fingerprint density at radius 3 is 2.67 bits per heavy atom. The maximum atomic E-state index is 12.3. The van der Waals surface area contributed by atoms with Gasteiger partial charge in [0.2, 0.25) is 5.91 Å². The van der Waals surface area contributed by atoms with Crippen LogP contribution in [0.1, 0.15) is 45.4 Å². The van der Waals surface area contributed by atoms with E-state index in [2.05, 4.69) is 5.32 Å². The molecule has 1 aliphatic heterocycles. The fourth-order valence-electron chi connectivity index (χ4n) is 3.05. The lowest BCUT2D eigenvalue weighted by atomic mass is 10.2. The van der Waals surface area contributed by atoms with Crippen molar-refractivity contribution < 1.29 is 28.7 Å². The van der Waals surface area contributed by atoms with E-state index in [4.69, 9.17) is 9.47 Å². The van der Waals surface area contributed by atoms with Crippen molar-refractivity contribution in [1.29, 1.82) is 0 Å². The molecule has 2 heterocycles. The van der Waals surface area contributed by atoms with Gasteiger partial charge in [-0.3, -0.25) is 9.59 Å². The summed E-state index contributed by atoms with van der Waals surface area (Å²) < 4.78 is 10.1. The average molecular weight is 430 g/mol. The van der Waals surface area contributed by atoms with Gasteiger partial charge in [0, 0.05) is 18.7 Å². The predicted molar refractivity (Wildman–Crippen MR) is 112 cm³/mol. The number of nitrogens with zero attached hydrogens (tertiary/aromatic N) is 1. The Bertz CT molecular complexity index is 984. The molecule has 158 valence electrons. The Labute approximate surface area is 177 Å². The average Bonchev–Trinajstić information content (AvgIpc) is 3.31. The third kappa shape index (κ3) is 5.04. The molecule has 0 spiro atoms. The Morgan fingerprint density at radius 1 is 1.17 bits per heavy atom. The molecule has 0 radical (unpaired) electrons. The largest absolute Gasteiger partial charge is 0.462 e. The van der Waals surface area contributed by atoms with Crippen LogP contribution in [-0.4, -0.2) is 43.5 Å². The van der Waals surface area contributed by atoms with E-state index in [1.54, 1.807) is 49.1 Å². The van der Waals surface area contributed by atoms with Crippen molar-refractivity contribution in [2.24, 2.45) is 0 Å². The number of ether oxygens (including phenoxy) is 2. The molecule has 0 atom stereocenters. The van der Waals surface area contributed by atoms with Crippen LogP contribution < -0.4 is 10.2 Å². The van der Waals surface area contributed by atoms with Gasteiger partial charge < -0.3 is 19.7 Å². The molecule has 2 aromatic rings. The van der Waals surface area contributed by atoms with Crippen LogP contribution in [0.5, 0.6) is 0 Å². The molecule has 1 fully saturated rings. The van der Waals surface area contributed by atoms with Crippen molar-refractivity contribution in [2.75, 3.05) is 30.0 Å². The van der Waals surface area contributed by atoms with Gasteiger partial charge in [-0.05, 0) is 50.1 Å². The second-order valence-corrected chi connectivity index (χ2v) is 7.72. The number of esters is 2. The Hall–Kier alpha value is -3.20. The number of rotatable bonds is 7. The molecule has 0 unspecified atom stereocenters. The van der Waals surface area contributed by atoms with E-state index in [1.165, 1.54) is 0 Å². The lowest BCUT2D eigenvalue weighted by Gasteiger charge is -2.16. The summed E-state index contributed by atoms with van der Waals surface area (Å²) in [6.07, 6.45) is 1.28. The molecule has 30 heavy (non-hydrogen) atoms. The molecule has 0 bridgehead atoms. The molecule has 0 aliphatic carbocycles. The molecule has 1 N–H and O–H groups in total. The van der Waals surface area contributed by atoms with Crippen LogP contribution in [0.3, 0.4) is 0 Å². The van der Waals surface area contributed by atoms with Crippen molar-refractivity contribution >= 4 is 45.8 Å². The first-order chi connectivity index (χ1) is 14.4. The monoisotopic (exact) mass is 430 g/mol. The minimum atomic E-state index is -0.659. The number of amides is 2. The van der Waals surface area contributed by atoms with E-state index >= 15 is 0 Å². The summed E-state index contributed by atoms with van der Waals surface area (Å²) in [5.41, 5.74) is 1.59. The number of carbonyl (C=O) groups is 4. The van der Waals surface area contributed by atoms with Gasteiger partial charge in [-0.25, -0.2) is 9.59 Å². The van der Waals surface area contributed by atoms with Crippen LogP contribution in [0.15, 0.2) is 30.3 Å². The molecule has 2 amide bonds. The standard InChI is InChI=1S/C21H22N2O6S/c1-3-28-21(27)19-13(2)10-17(30-19)22-16(24)12-29-20(26)14-6-4-7-15(11-14)23-9-5-8-18(23)25/h4,6-7,10-11H,3,5,8-9,12H2,1-2H3,(H,22,24). The van der Waals surface area contributed by atoms with Gasteiger partial charge in [0.15, 0.2) is 6.61 Å². The topological polar surface area (TPSA) is 102 Å². The van der Waals surface area contributed by atoms with Crippen LogP contribution in [-0.2, 0) is 19.1 Å². The first-order valence-corrected chi connectivity index (χ1v) is 10.4. The summed E-state index contributed by atoms with van der Waals surface area (Å²) in [7, 11) is 0. The molecule has 0 saturated carbocycles. The van der Waals surface area contributed by atoms with Crippen molar-refractivity contribution in [2.45, 2.75) is 26.7 Å². The number of carbonyl (C=O) groups excluding carboxylic acids is 4. The van der Waals surface area contributed by atoms with E-state index in [1.807, 2.05) is 0 Å². The number of aryl methyl sites for hydroxylation is 1. The maximum absolute atomic E-state index is 12.3. The Kier molecular flexibility index (Phi) is 6.83.